The number of nitrogens with zero attached hydrogens (tertiary/aromatic N) is 2. The molecule has 1 aromatic rings. The number of ether oxygens (including phenoxy) is 1. The Balaban J connectivity index is 1.77. The molecule has 2 fully saturated rings. The van der Waals surface area contributed by atoms with Gasteiger partial charge in [-0.1, -0.05) is 12.1 Å². The summed E-state index contributed by atoms with van der Waals surface area (Å²) in [6.45, 7) is 2.24. The summed E-state index contributed by atoms with van der Waals surface area (Å²) in [4.78, 5) is 15.3. The van der Waals surface area contributed by atoms with Crippen LogP contribution in [0.2, 0.25) is 0 Å². The lowest BCUT2D eigenvalue weighted by Gasteiger charge is -2.35. The number of methoxy groups -OCH3 is 1. The molecule has 6 nitrogen and oxygen atoms in total. The third kappa shape index (κ3) is 2.22. The van der Waals surface area contributed by atoms with E-state index in [9.17, 15) is 4.79 Å². The van der Waals surface area contributed by atoms with Crippen LogP contribution in [0.25, 0.3) is 0 Å². The highest BCUT2D eigenvalue weighted by molar-refractivity contribution is 5.74. The fourth-order valence-corrected chi connectivity index (χ4v) is 3.06. The Hall–Kier alpha value is -1.43. The first-order valence-electron chi connectivity index (χ1n) is 7.18. The Morgan fingerprint density at radius 1 is 1.45 bits per heavy atom. The summed E-state index contributed by atoms with van der Waals surface area (Å²) >= 11 is 0. The van der Waals surface area contributed by atoms with E-state index in [4.69, 9.17) is 14.4 Å². The summed E-state index contributed by atoms with van der Waals surface area (Å²) in [6.07, 6.45) is 4.53. The average molecular weight is 280 g/mol. The van der Waals surface area contributed by atoms with E-state index >= 15 is 0 Å². The predicted octanol–water partition coefficient (Wildman–Crippen LogP) is 2.31. The standard InChI is InChI=1S/C14H20N2O4/c1-8-3-5-14(19-2,6-4-8)13-15-11(20-16-13)9-7-10(9)12(17)18/h8-10H,3-7H2,1-2H3,(H,17,18). The molecule has 0 saturated heterocycles. The van der Waals surface area contributed by atoms with Crippen molar-refractivity contribution >= 4 is 5.97 Å². The van der Waals surface area contributed by atoms with Crippen LogP contribution in [-0.4, -0.2) is 28.3 Å². The van der Waals surface area contributed by atoms with Crippen molar-refractivity contribution in [2.45, 2.75) is 50.5 Å². The molecule has 0 spiro atoms. The van der Waals surface area contributed by atoms with Crippen molar-refractivity contribution in [2.24, 2.45) is 11.8 Å². The van der Waals surface area contributed by atoms with Crippen molar-refractivity contribution in [1.29, 1.82) is 0 Å². The number of hydrogen-bond donors (Lipinski definition) is 1. The van der Waals surface area contributed by atoms with E-state index in [2.05, 4.69) is 17.1 Å². The molecule has 20 heavy (non-hydrogen) atoms. The van der Waals surface area contributed by atoms with Gasteiger partial charge in [0.2, 0.25) is 11.7 Å². The number of carboxylic acid groups (broad SMARTS) is 1. The molecular weight excluding hydrogens is 260 g/mol. The molecule has 0 aromatic carbocycles. The van der Waals surface area contributed by atoms with Crippen LogP contribution in [0.15, 0.2) is 4.52 Å². The molecular formula is C14H20N2O4. The minimum absolute atomic E-state index is 0.120. The van der Waals surface area contributed by atoms with Gasteiger partial charge in [0.05, 0.1) is 11.8 Å². The molecule has 1 N–H and O–H groups in total. The summed E-state index contributed by atoms with van der Waals surface area (Å²) in [5.41, 5.74) is -0.456. The summed E-state index contributed by atoms with van der Waals surface area (Å²) in [5.74, 6) is 0.450. The van der Waals surface area contributed by atoms with Crippen LogP contribution in [0.4, 0.5) is 0 Å². The van der Waals surface area contributed by atoms with Crippen LogP contribution in [0.5, 0.6) is 0 Å². The zero-order chi connectivity index (χ0) is 14.3. The Morgan fingerprint density at radius 3 is 2.70 bits per heavy atom. The Kier molecular flexibility index (Phi) is 3.28. The normalized spacial score (nSPS) is 36.8. The van der Waals surface area contributed by atoms with Crippen molar-refractivity contribution in [2.75, 3.05) is 7.11 Å². The topological polar surface area (TPSA) is 85.5 Å². The van der Waals surface area contributed by atoms with Gasteiger partial charge in [-0.25, -0.2) is 0 Å². The van der Waals surface area contributed by atoms with E-state index in [0.717, 1.165) is 25.7 Å². The minimum Gasteiger partial charge on any atom is -0.481 e. The molecule has 6 heteroatoms. The molecule has 0 aliphatic heterocycles. The Labute approximate surface area is 117 Å². The van der Waals surface area contributed by atoms with Gasteiger partial charge in [-0.05, 0) is 38.0 Å². The second kappa shape index (κ2) is 4.84. The predicted molar refractivity (Wildman–Crippen MR) is 69.1 cm³/mol. The van der Waals surface area contributed by atoms with E-state index in [-0.39, 0.29) is 11.8 Å². The highest BCUT2D eigenvalue weighted by Gasteiger charge is 2.49. The van der Waals surface area contributed by atoms with Crippen LogP contribution in [0, 0.1) is 11.8 Å². The second-order valence-corrected chi connectivity index (χ2v) is 6.12. The molecule has 2 aliphatic carbocycles. The Morgan fingerprint density at radius 2 is 2.15 bits per heavy atom. The highest BCUT2D eigenvalue weighted by atomic mass is 16.5. The van der Waals surface area contributed by atoms with Crippen LogP contribution in [0.1, 0.15) is 56.7 Å². The first kappa shape index (κ1) is 13.5. The molecule has 2 aliphatic rings. The lowest BCUT2D eigenvalue weighted by Crippen LogP contribution is -2.34. The van der Waals surface area contributed by atoms with Crippen molar-refractivity contribution in [3.8, 4) is 0 Å². The molecule has 2 saturated carbocycles. The molecule has 110 valence electrons. The van der Waals surface area contributed by atoms with Gasteiger partial charge in [-0.3, -0.25) is 4.79 Å². The first-order valence-corrected chi connectivity index (χ1v) is 7.18. The summed E-state index contributed by atoms with van der Waals surface area (Å²) in [6, 6.07) is 0. The number of rotatable bonds is 4. The van der Waals surface area contributed by atoms with Crippen molar-refractivity contribution in [3.63, 3.8) is 0 Å². The van der Waals surface area contributed by atoms with Crippen molar-refractivity contribution in [3.05, 3.63) is 11.7 Å². The third-order valence-corrected chi connectivity index (χ3v) is 4.75. The van der Waals surface area contributed by atoms with Crippen LogP contribution in [0.3, 0.4) is 0 Å². The number of hydrogen-bond acceptors (Lipinski definition) is 5. The summed E-state index contributed by atoms with van der Waals surface area (Å²) in [5, 5.41) is 13.0. The van der Waals surface area contributed by atoms with Crippen molar-refractivity contribution in [1.82, 2.24) is 10.1 Å². The molecule has 2 atom stereocenters. The van der Waals surface area contributed by atoms with Crippen LogP contribution in [-0.2, 0) is 15.1 Å². The maximum Gasteiger partial charge on any atom is 0.307 e. The van der Waals surface area contributed by atoms with Crippen LogP contribution < -0.4 is 0 Å². The molecule has 1 heterocycles. The molecule has 1 aromatic heterocycles. The van der Waals surface area contributed by atoms with Gasteiger partial charge >= 0.3 is 5.97 Å². The second-order valence-electron chi connectivity index (χ2n) is 6.12. The smallest absolute Gasteiger partial charge is 0.307 e. The number of carboxylic acids is 1. The molecule has 0 amide bonds. The maximum absolute atomic E-state index is 10.9. The fraction of sp³-hybridized carbons (Fsp3) is 0.786. The lowest BCUT2D eigenvalue weighted by molar-refractivity contribution is -0.138. The average Bonchev–Trinajstić information content (AvgIpc) is 3.10. The number of carbonyl (C=O) groups is 1. The molecule has 3 rings (SSSR count). The summed E-state index contributed by atoms with van der Waals surface area (Å²) < 4.78 is 11.0. The minimum atomic E-state index is -0.789. The largest absolute Gasteiger partial charge is 0.481 e. The van der Waals surface area contributed by atoms with Gasteiger partial charge < -0.3 is 14.4 Å². The van der Waals surface area contributed by atoms with E-state index in [1.54, 1.807) is 7.11 Å². The van der Waals surface area contributed by atoms with Gasteiger partial charge in [0.1, 0.15) is 5.60 Å². The lowest BCUT2D eigenvalue weighted by atomic mass is 9.79. The van der Waals surface area contributed by atoms with Gasteiger partial charge in [0.25, 0.3) is 0 Å². The third-order valence-electron chi connectivity index (χ3n) is 4.75. The first-order chi connectivity index (χ1) is 9.55. The maximum atomic E-state index is 10.9. The summed E-state index contributed by atoms with van der Waals surface area (Å²) in [7, 11) is 1.68. The molecule has 2 unspecified atom stereocenters. The highest BCUT2D eigenvalue weighted by Crippen LogP contribution is 2.48. The molecule has 0 bridgehead atoms. The Bertz CT molecular complexity index is 505. The monoisotopic (exact) mass is 280 g/mol. The SMILES string of the molecule is COC1(c2noc(C3CC3C(=O)O)n2)CCC(C)CC1. The van der Waals surface area contributed by atoms with Gasteiger partial charge in [0.15, 0.2) is 0 Å². The van der Waals surface area contributed by atoms with E-state index in [1.165, 1.54) is 0 Å². The zero-order valence-corrected chi connectivity index (χ0v) is 11.8. The van der Waals surface area contributed by atoms with E-state index in [0.29, 0.717) is 24.1 Å². The van der Waals surface area contributed by atoms with Gasteiger partial charge in [0, 0.05) is 7.11 Å². The van der Waals surface area contributed by atoms with Gasteiger partial charge in [-0.15, -0.1) is 0 Å². The fourth-order valence-electron chi connectivity index (χ4n) is 3.06. The number of aliphatic carboxylic acids is 1. The van der Waals surface area contributed by atoms with E-state index < -0.39 is 11.6 Å². The van der Waals surface area contributed by atoms with Crippen LogP contribution >= 0.6 is 0 Å². The number of aromatic nitrogens is 2. The zero-order valence-electron chi connectivity index (χ0n) is 11.8. The van der Waals surface area contributed by atoms with Crippen molar-refractivity contribution < 1.29 is 19.2 Å². The quantitative estimate of drug-likeness (QED) is 0.910. The van der Waals surface area contributed by atoms with Gasteiger partial charge in [-0.2, -0.15) is 4.98 Å². The van der Waals surface area contributed by atoms with E-state index in [1.807, 2.05) is 0 Å². The molecule has 0 radical (unpaired) electrons.